The maximum Gasteiger partial charge on any atom is 0.0565 e. The molecule has 1 N–H and O–H groups in total. The number of fused-ring (bicyclic) bond motifs is 2. The van der Waals surface area contributed by atoms with Gasteiger partial charge in [0.2, 0.25) is 0 Å². The fraction of sp³-hybridized carbons (Fsp3) is 1.00. The van der Waals surface area contributed by atoms with E-state index in [0.29, 0.717) is 24.3 Å². The molecule has 2 saturated carbocycles. The molecule has 1 aliphatic heterocycles. The van der Waals surface area contributed by atoms with Gasteiger partial charge in [-0.2, -0.15) is 0 Å². The lowest BCUT2D eigenvalue weighted by Gasteiger charge is -2.37. The summed E-state index contributed by atoms with van der Waals surface area (Å²) in [5.74, 6) is 3.06. The van der Waals surface area contributed by atoms with Gasteiger partial charge < -0.3 is 10.1 Å². The number of rotatable bonds is 3. The van der Waals surface area contributed by atoms with Crippen molar-refractivity contribution in [3.05, 3.63) is 0 Å². The second-order valence-corrected chi connectivity index (χ2v) is 7.22. The van der Waals surface area contributed by atoms with Gasteiger partial charge in [0.25, 0.3) is 0 Å². The summed E-state index contributed by atoms with van der Waals surface area (Å²) >= 11 is 0. The van der Waals surface area contributed by atoms with E-state index in [2.05, 4.69) is 26.1 Å². The van der Waals surface area contributed by atoms with Crippen LogP contribution in [-0.2, 0) is 4.74 Å². The molecule has 0 aromatic rings. The lowest BCUT2D eigenvalue weighted by atomic mass is 9.83. The first-order valence-corrected chi connectivity index (χ1v) is 8.03. The van der Waals surface area contributed by atoms with E-state index >= 15 is 0 Å². The van der Waals surface area contributed by atoms with E-state index in [1.165, 1.54) is 38.5 Å². The van der Waals surface area contributed by atoms with Crippen LogP contribution >= 0.6 is 0 Å². The topological polar surface area (TPSA) is 21.3 Å². The highest BCUT2D eigenvalue weighted by molar-refractivity contribution is 4.95. The van der Waals surface area contributed by atoms with Gasteiger partial charge in [0.05, 0.1) is 12.2 Å². The summed E-state index contributed by atoms with van der Waals surface area (Å²) in [5, 5.41) is 3.93. The molecule has 0 spiro atoms. The first-order valence-electron chi connectivity index (χ1n) is 8.03. The van der Waals surface area contributed by atoms with Crippen LogP contribution in [0.15, 0.2) is 0 Å². The molecule has 3 rings (SSSR count). The summed E-state index contributed by atoms with van der Waals surface area (Å²) in [6.07, 6.45) is 9.27. The van der Waals surface area contributed by atoms with Gasteiger partial charge in [0, 0.05) is 12.1 Å². The van der Waals surface area contributed by atoms with Crippen LogP contribution in [0.4, 0.5) is 0 Å². The van der Waals surface area contributed by atoms with Crippen LogP contribution in [0, 0.1) is 17.8 Å². The summed E-state index contributed by atoms with van der Waals surface area (Å²) in [6, 6.07) is 1.39. The van der Waals surface area contributed by atoms with Crippen molar-refractivity contribution >= 4 is 0 Å². The molecule has 2 bridgehead atoms. The molecule has 104 valence electrons. The second kappa shape index (κ2) is 5.13. The average molecular weight is 251 g/mol. The van der Waals surface area contributed by atoms with Crippen LogP contribution in [-0.4, -0.2) is 24.3 Å². The molecule has 0 aromatic carbocycles. The molecule has 6 atom stereocenters. The van der Waals surface area contributed by atoms with Crippen LogP contribution in [0.3, 0.4) is 0 Å². The SMILES string of the molecule is CC1CC(NC(C)C2CC3CCC2C3)CC(C)O1. The van der Waals surface area contributed by atoms with Gasteiger partial charge in [-0.3, -0.25) is 0 Å². The molecular formula is C16H29NO. The van der Waals surface area contributed by atoms with Gasteiger partial charge >= 0.3 is 0 Å². The monoisotopic (exact) mass is 251 g/mol. The van der Waals surface area contributed by atoms with Gasteiger partial charge in [-0.1, -0.05) is 6.42 Å². The standard InChI is InChI=1S/C16H29NO/c1-10-6-15(7-11(2)18-10)17-12(3)16-9-13-4-5-14(16)8-13/h10-17H,4-9H2,1-3H3. The van der Waals surface area contributed by atoms with Gasteiger partial charge in [-0.05, 0) is 70.6 Å². The van der Waals surface area contributed by atoms with E-state index < -0.39 is 0 Å². The third-order valence-corrected chi connectivity index (χ3v) is 5.63. The zero-order valence-electron chi connectivity index (χ0n) is 12.2. The van der Waals surface area contributed by atoms with E-state index in [9.17, 15) is 0 Å². The highest BCUT2D eigenvalue weighted by atomic mass is 16.5. The zero-order valence-corrected chi connectivity index (χ0v) is 12.2. The Labute approximate surface area is 112 Å². The van der Waals surface area contributed by atoms with Crippen molar-refractivity contribution in [1.29, 1.82) is 0 Å². The quantitative estimate of drug-likeness (QED) is 0.830. The van der Waals surface area contributed by atoms with Crippen molar-refractivity contribution in [2.75, 3.05) is 0 Å². The van der Waals surface area contributed by atoms with E-state index in [0.717, 1.165) is 17.8 Å². The Morgan fingerprint density at radius 3 is 2.28 bits per heavy atom. The van der Waals surface area contributed by atoms with Gasteiger partial charge in [-0.25, -0.2) is 0 Å². The summed E-state index contributed by atoms with van der Waals surface area (Å²) < 4.78 is 5.83. The van der Waals surface area contributed by atoms with Crippen LogP contribution in [0.25, 0.3) is 0 Å². The second-order valence-electron chi connectivity index (χ2n) is 7.22. The maximum atomic E-state index is 5.83. The minimum Gasteiger partial charge on any atom is -0.375 e. The Bertz CT molecular complexity index is 283. The summed E-state index contributed by atoms with van der Waals surface area (Å²) in [5.41, 5.74) is 0. The summed E-state index contributed by atoms with van der Waals surface area (Å²) in [4.78, 5) is 0. The van der Waals surface area contributed by atoms with Crippen molar-refractivity contribution in [2.45, 2.75) is 83.6 Å². The third kappa shape index (κ3) is 2.60. The molecule has 1 saturated heterocycles. The van der Waals surface area contributed by atoms with Crippen LogP contribution in [0.5, 0.6) is 0 Å². The lowest BCUT2D eigenvalue weighted by Crippen LogP contribution is -2.47. The van der Waals surface area contributed by atoms with Gasteiger partial charge in [0.1, 0.15) is 0 Å². The molecule has 18 heavy (non-hydrogen) atoms. The molecule has 0 amide bonds. The highest BCUT2D eigenvalue weighted by Gasteiger charge is 2.42. The minimum absolute atomic E-state index is 0.429. The van der Waals surface area contributed by atoms with Crippen LogP contribution < -0.4 is 5.32 Å². The summed E-state index contributed by atoms with van der Waals surface area (Å²) in [6.45, 7) is 6.86. The third-order valence-electron chi connectivity index (χ3n) is 5.63. The Kier molecular flexibility index (Phi) is 3.68. The average Bonchev–Trinajstić information content (AvgIpc) is 2.88. The van der Waals surface area contributed by atoms with Gasteiger partial charge in [-0.15, -0.1) is 0 Å². The molecule has 3 fully saturated rings. The molecule has 3 aliphatic rings. The van der Waals surface area contributed by atoms with E-state index in [1.807, 2.05) is 0 Å². The van der Waals surface area contributed by atoms with Gasteiger partial charge in [0.15, 0.2) is 0 Å². The summed E-state index contributed by atoms with van der Waals surface area (Å²) in [7, 11) is 0. The minimum atomic E-state index is 0.429. The largest absolute Gasteiger partial charge is 0.375 e. The van der Waals surface area contributed by atoms with E-state index in [4.69, 9.17) is 4.74 Å². The zero-order chi connectivity index (χ0) is 12.7. The highest BCUT2D eigenvalue weighted by Crippen LogP contribution is 2.49. The van der Waals surface area contributed by atoms with Crippen molar-refractivity contribution in [3.63, 3.8) is 0 Å². The maximum absolute atomic E-state index is 5.83. The van der Waals surface area contributed by atoms with Crippen molar-refractivity contribution in [2.24, 2.45) is 17.8 Å². The van der Waals surface area contributed by atoms with Crippen LogP contribution in [0.2, 0.25) is 0 Å². The Balaban J connectivity index is 1.53. The number of ether oxygens (including phenoxy) is 1. The predicted octanol–water partition coefficient (Wildman–Crippen LogP) is 3.36. The van der Waals surface area contributed by atoms with E-state index in [1.54, 1.807) is 0 Å². The number of hydrogen-bond acceptors (Lipinski definition) is 2. The fourth-order valence-corrected chi connectivity index (χ4v) is 4.94. The van der Waals surface area contributed by atoms with Crippen LogP contribution in [0.1, 0.15) is 59.3 Å². The molecule has 0 aromatic heterocycles. The molecular weight excluding hydrogens is 222 g/mol. The number of hydrogen-bond donors (Lipinski definition) is 1. The predicted molar refractivity (Wildman–Crippen MR) is 74.6 cm³/mol. The molecule has 1 heterocycles. The first-order chi connectivity index (χ1) is 8.61. The molecule has 2 aliphatic carbocycles. The van der Waals surface area contributed by atoms with E-state index in [-0.39, 0.29) is 0 Å². The molecule has 2 nitrogen and oxygen atoms in total. The smallest absolute Gasteiger partial charge is 0.0565 e. The normalized spacial score (nSPS) is 49.5. The Hall–Kier alpha value is -0.0800. The molecule has 0 radical (unpaired) electrons. The molecule has 2 heteroatoms. The van der Waals surface area contributed by atoms with Crippen molar-refractivity contribution in [1.82, 2.24) is 5.32 Å². The van der Waals surface area contributed by atoms with Crippen molar-refractivity contribution in [3.8, 4) is 0 Å². The van der Waals surface area contributed by atoms with Crippen molar-refractivity contribution < 1.29 is 4.74 Å². The lowest BCUT2D eigenvalue weighted by molar-refractivity contribution is -0.0446. The first kappa shape index (κ1) is 12.9. The Morgan fingerprint density at radius 2 is 1.72 bits per heavy atom. The molecule has 6 unspecified atom stereocenters. The number of nitrogens with one attached hydrogen (secondary N) is 1. The fourth-order valence-electron chi connectivity index (χ4n) is 4.94. The Morgan fingerprint density at radius 1 is 1.00 bits per heavy atom.